The lowest BCUT2D eigenvalue weighted by Crippen LogP contribution is -2.23. The maximum Gasteiger partial charge on any atom is 0.222 e. The van der Waals surface area contributed by atoms with Gasteiger partial charge in [0, 0.05) is 24.2 Å². The van der Waals surface area contributed by atoms with Crippen LogP contribution in [0.2, 0.25) is 0 Å². The Hall–Kier alpha value is -1.69. The highest BCUT2D eigenvalue weighted by atomic mass is 32.1. The molecule has 1 aliphatic rings. The molecular weight excluding hydrogens is 236 g/mol. The fourth-order valence-electron chi connectivity index (χ4n) is 1.80. The van der Waals surface area contributed by atoms with E-state index in [0.29, 0.717) is 23.8 Å². The van der Waals surface area contributed by atoms with E-state index in [9.17, 15) is 4.79 Å². The number of nitrogens with one attached hydrogen (secondary N) is 2. The lowest BCUT2D eigenvalue weighted by atomic mass is 10.2. The Labute approximate surface area is 105 Å². The number of aryl methyl sites for hydroxylation is 1. The van der Waals surface area contributed by atoms with Crippen LogP contribution in [0.3, 0.4) is 0 Å². The van der Waals surface area contributed by atoms with Gasteiger partial charge in [-0.15, -0.1) is 0 Å². The van der Waals surface area contributed by atoms with Gasteiger partial charge in [0.1, 0.15) is 10.8 Å². The summed E-state index contributed by atoms with van der Waals surface area (Å²) in [7, 11) is 0. The first-order chi connectivity index (χ1) is 8.04. The summed E-state index contributed by atoms with van der Waals surface area (Å²) < 4.78 is 0. The van der Waals surface area contributed by atoms with Gasteiger partial charge in [-0.25, -0.2) is 4.98 Å². The predicted octanol–water partition coefficient (Wildman–Crippen LogP) is 0.325. The topological polar surface area (TPSA) is 80.0 Å². The summed E-state index contributed by atoms with van der Waals surface area (Å²) >= 11 is 4.94. The summed E-state index contributed by atoms with van der Waals surface area (Å²) in [5.74, 6) is 0.763. The molecule has 0 radical (unpaired) electrons. The smallest absolute Gasteiger partial charge is 0.222 e. The average molecular weight is 250 g/mol. The molecule has 0 bridgehead atoms. The van der Waals surface area contributed by atoms with Crippen molar-refractivity contribution in [3.63, 3.8) is 0 Å². The fourth-order valence-corrected chi connectivity index (χ4v) is 1.92. The van der Waals surface area contributed by atoms with Gasteiger partial charge in [0.25, 0.3) is 0 Å². The van der Waals surface area contributed by atoms with Crippen molar-refractivity contribution in [3.8, 4) is 0 Å². The lowest BCUT2D eigenvalue weighted by Gasteiger charge is -2.12. The molecule has 1 aliphatic heterocycles. The monoisotopic (exact) mass is 250 g/mol. The number of rotatable bonds is 3. The normalized spacial score (nSPS) is 18.9. The largest absolute Gasteiger partial charge is 0.389 e. The molecule has 17 heavy (non-hydrogen) atoms. The van der Waals surface area contributed by atoms with E-state index in [-0.39, 0.29) is 11.9 Å². The number of pyridine rings is 1. The van der Waals surface area contributed by atoms with Crippen molar-refractivity contribution in [2.45, 2.75) is 19.4 Å². The van der Waals surface area contributed by atoms with E-state index in [4.69, 9.17) is 18.0 Å². The number of hydrogen-bond donors (Lipinski definition) is 3. The van der Waals surface area contributed by atoms with E-state index in [1.165, 1.54) is 0 Å². The summed E-state index contributed by atoms with van der Waals surface area (Å²) in [6.45, 7) is 2.50. The van der Waals surface area contributed by atoms with Crippen LogP contribution in [0.4, 0.5) is 5.82 Å². The minimum Gasteiger partial charge on any atom is -0.389 e. The van der Waals surface area contributed by atoms with Crippen molar-refractivity contribution in [1.29, 1.82) is 0 Å². The van der Waals surface area contributed by atoms with E-state index >= 15 is 0 Å². The maximum atomic E-state index is 11.1. The number of anilines is 1. The van der Waals surface area contributed by atoms with Crippen LogP contribution in [0.15, 0.2) is 12.1 Å². The summed E-state index contributed by atoms with van der Waals surface area (Å²) in [5, 5.41) is 5.96. The quantitative estimate of drug-likeness (QED) is 0.673. The minimum atomic E-state index is 0.0599. The third-order valence-electron chi connectivity index (χ3n) is 2.57. The van der Waals surface area contributed by atoms with Crippen LogP contribution in [0, 0.1) is 6.92 Å². The van der Waals surface area contributed by atoms with Crippen LogP contribution in [0.1, 0.15) is 17.7 Å². The molecule has 2 heterocycles. The minimum absolute atomic E-state index is 0.0599. The van der Waals surface area contributed by atoms with Gasteiger partial charge in [-0.2, -0.15) is 0 Å². The lowest BCUT2D eigenvalue weighted by molar-refractivity contribution is -0.119. The van der Waals surface area contributed by atoms with Gasteiger partial charge in [-0.3, -0.25) is 4.79 Å². The molecule has 0 saturated carbocycles. The summed E-state index contributed by atoms with van der Waals surface area (Å²) in [5.41, 5.74) is 7.22. The van der Waals surface area contributed by atoms with Crippen molar-refractivity contribution >= 4 is 28.9 Å². The summed E-state index contributed by atoms with van der Waals surface area (Å²) in [6.07, 6.45) is 0.470. The van der Waals surface area contributed by atoms with Crippen molar-refractivity contribution in [3.05, 3.63) is 23.4 Å². The number of hydrogen-bond acceptors (Lipinski definition) is 4. The molecule has 1 saturated heterocycles. The van der Waals surface area contributed by atoms with Crippen LogP contribution in [0.5, 0.6) is 0 Å². The number of aromatic nitrogens is 1. The van der Waals surface area contributed by atoms with Crippen LogP contribution in [-0.4, -0.2) is 28.5 Å². The Kier molecular flexibility index (Phi) is 3.23. The predicted molar refractivity (Wildman–Crippen MR) is 69.9 cm³/mol. The maximum absolute atomic E-state index is 11.1. The van der Waals surface area contributed by atoms with Crippen molar-refractivity contribution in [1.82, 2.24) is 10.3 Å². The Balaban J connectivity index is 2.15. The van der Waals surface area contributed by atoms with Crippen LogP contribution in [-0.2, 0) is 4.79 Å². The number of amides is 1. The molecule has 0 aliphatic carbocycles. The second-order valence-corrected chi connectivity index (χ2v) is 4.54. The zero-order valence-corrected chi connectivity index (χ0v) is 10.3. The first-order valence-electron chi connectivity index (χ1n) is 5.36. The van der Waals surface area contributed by atoms with Crippen molar-refractivity contribution < 1.29 is 4.79 Å². The van der Waals surface area contributed by atoms with Crippen LogP contribution in [0.25, 0.3) is 0 Å². The molecule has 2 rings (SSSR count). The van der Waals surface area contributed by atoms with Gasteiger partial charge in [0.15, 0.2) is 0 Å². The van der Waals surface area contributed by atoms with Crippen LogP contribution >= 0.6 is 12.2 Å². The SMILES string of the molecule is Cc1cc(C(N)=S)cc(NC2CNC(=O)C2)n1. The molecule has 1 atom stereocenters. The Morgan fingerprint density at radius 3 is 3.00 bits per heavy atom. The fraction of sp³-hybridized carbons (Fsp3) is 0.364. The number of nitrogens with two attached hydrogens (primary N) is 1. The molecule has 90 valence electrons. The number of thiocarbonyl (C=S) groups is 1. The standard InChI is InChI=1S/C11H14N4OS/c1-6-2-7(11(12)17)3-9(14-6)15-8-4-10(16)13-5-8/h2-3,8H,4-5H2,1H3,(H2,12,17)(H,13,16)(H,14,15). The van der Waals surface area contributed by atoms with Gasteiger partial charge in [0.05, 0.1) is 6.04 Å². The van der Waals surface area contributed by atoms with Crippen LogP contribution < -0.4 is 16.4 Å². The van der Waals surface area contributed by atoms with Gasteiger partial charge < -0.3 is 16.4 Å². The molecule has 1 aromatic heterocycles. The van der Waals surface area contributed by atoms with E-state index in [1.807, 2.05) is 13.0 Å². The zero-order chi connectivity index (χ0) is 12.4. The molecule has 1 fully saturated rings. The number of carbonyl (C=O) groups excluding carboxylic acids is 1. The molecule has 1 unspecified atom stereocenters. The van der Waals surface area contributed by atoms with Gasteiger partial charge >= 0.3 is 0 Å². The average Bonchev–Trinajstić information content (AvgIpc) is 2.63. The molecule has 1 amide bonds. The highest BCUT2D eigenvalue weighted by molar-refractivity contribution is 7.80. The van der Waals surface area contributed by atoms with Gasteiger partial charge in [-0.1, -0.05) is 12.2 Å². The molecule has 1 aromatic rings. The Morgan fingerprint density at radius 2 is 2.41 bits per heavy atom. The second-order valence-electron chi connectivity index (χ2n) is 4.10. The zero-order valence-electron chi connectivity index (χ0n) is 9.49. The summed E-state index contributed by atoms with van der Waals surface area (Å²) in [6, 6.07) is 3.72. The second kappa shape index (κ2) is 4.67. The molecule has 0 spiro atoms. The Bertz CT molecular complexity index is 475. The van der Waals surface area contributed by atoms with Crippen molar-refractivity contribution in [2.24, 2.45) is 5.73 Å². The first kappa shape index (κ1) is 11.8. The highest BCUT2D eigenvalue weighted by Gasteiger charge is 2.21. The molecular formula is C11H14N4OS. The van der Waals surface area contributed by atoms with Crippen molar-refractivity contribution in [2.75, 3.05) is 11.9 Å². The van der Waals surface area contributed by atoms with E-state index in [1.54, 1.807) is 6.07 Å². The number of carbonyl (C=O) groups is 1. The van der Waals surface area contributed by atoms with E-state index < -0.39 is 0 Å². The molecule has 4 N–H and O–H groups in total. The first-order valence-corrected chi connectivity index (χ1v) is 5.77. The van der Waals surface area contributed by atoms with E-state index in [2.05, 4.69) is 15.6 Å². The third kappa shape index (κ3) is 2.91. The molecule has 0 aromatic carbocycles. The molecule has 6 heteroatoms. The van der Waals surface area contributed by atoms with E-state index in [0.717, 1.165) is 11.3 Å². The van der Waals surface area contributed by atoms with Gasteiger partial charge in [-0.05, 0) is 19.1 Å². The molecule has 5 nitrogen and oxygen atoms in total. The number of nitrogens with zero attached hydrogens (tertiary/aromatic N) is 1. The Morgan fingerprint density at radius 1 is 1.65 bits per heavy atom. The summed E-state index contributed by atoms with van der Waals surface area (Å²) in [4.78, 5) is 15.8. The highest BCUT2D eigenvalue weighted by Crippen LogP contribution is 2.13. The third-order valence-corrected chi connectivity index (χ3v) is 2.80. The van der Waals surface area contributed by atoms with Gasteiger partial charge in [0.2, 0.25) is 5.91 Å².